The molecule has 5 nitrogen and oxygen atoms in total. The molecule has 0 saturated carbocycles. The number of aromatic nitrogens is 3. The average Bonchev–Trinajstić information content (AvgIpc) is 2.87. The number of pyridine rings is 1. The highest BCUT2D eigenvalue weighted by atomic mass is 35.5. The first-order chi connectivity index (χ1) is 10.2. The Bertz CT molecular complexity index is 814. The fourth-order valence-electron chi connectivity index (χ4n) is 2.08. The third-order valence-electron chi connectivity index (χ3n) is 3.05. The van der Waals surface area contributed by atoms with Crippen molar-refractivity contribution < 1.29 is 9.53 Å². The van der Waals surface area contributed by atoms with Crippen molar-refractivity contribution in [1.29, 1.82) is 0 Å². The quantitative estimate of drug-likeness (QED) is 0.698. The second-order valence-electron chi connectivity index (χ2n) is 4.54. The molecule has 0 saturated heterocycles. The molecular formula is C15H12ClN3O2. The van der Waals surface area contributed by atoms with Gasteiger partial charge in [0.05, 0.1) is 12.7 Å². The smallest absolute Gasteiger partial charge is 0.338 e. The Balaban J connectivity index is 1.92. The monoisotopic (exact) mass is 301 g/mol. The Labute approximate surface area is 126 Å². The van der Waals surface area contributed by atoms with Crippen LogP contribution in [-0.2, 0) is 11.2 Å². The van der Waals surface area contributed by atoms with Crippen molar-refractivity contribution in [3.05, 3.63) is 64.6 Å². The van der Waals surface area contributed by atoms with Gasteiger partial charge in [-0.3, -0.25) is 0 Å². The third-order valence-corrected chi connectivity index (χ3v) is 3.29. The Morgan fingerprint density at radius 1 is 1.33 bits per heavy atom. The summed E-state index contributed by atoms with van der Waals surface area (Å²) in [5.41, 5.74) is 2.09. The Morgan fingerprint density at radius 3 is 2.95 bits per heavy atom. The summed E-state index contributed by atoms with van der Waals surface area (Å²) in [7, 11) is 1.35. The first kappa shape index (κ1) is 13.6. The molecule has 3 rings (SSSR count). The number of rotatable bonds is 3. The molecule has 21 heavy (non-hydrogen) atoms. The van der Waals surface area contributed by atoms with Gasteiger partial charge in [0.1, 0.15) is 0 Å². The number of esters is 1. The van der Waals surface area contributed by atoms with E-state index in [2.05, 4.69) is 14.8 Å². The molecule has 0 spiro atoms. The molecule has 0 bridgehead atoms. The number of hydrogen-bond acceptors (Lipinski definition) is 4. The summed E-state index contributed by atoms with van der Waals surface area (Å²) >= 11 is 5.96. The number of nitrogens with zero attached hydrogens (tertiary/aromatic N) is 3. The van der Waals surface area contributed by atoms with Gasteiger partial charge >= 0.3 is 5.97 Å². The van der Waals surface area contributed by atoms with Gasteiger partial charge in [-0.05, 0) is 29.8 Å². The van der Waals surface area contributed by atoms with Gasteiger partial charge in [-0.2, -0.15) is 5.10 Å². The van der Waals surface area contributed by atoms with Crippen LogP contribution < -0.4 is 0 Å². The maximum atomic E-state index is 11.5. The van der Waals surface area contributed by atoms with Crippen LogP contribution in [0.1, 0.15) is 21.7 Å². The molecule has 0 radical (unpaired) electrons. The van der Waals surface area contributed by atoms with Gasteiger partial charge in [-0.1, -0.05) is 23.7 Å². The molecule has 0 amide bonds. The van der Waals surface area contributed by atoms with Crippen molar-refractivity contribution >= 4 is 23.2 Å². The number of carbonyl (C=O) groups excluding carboxylic acids is 1. The fourth-order valence-corrected chi connectivity index (χ4v) is 2.29. The summed E-state index contributed by atoms with van der Waals surface area (Å²) in [6.07, 6.45) is 2.27. The number of benzene rings is 1. The second kappa shape index (κ2) is 5.54. The van der Waals surface area contributed by atoms with Gasteiger partial charge in [0.2, 0.25) is 0 Å². The van der Waals surface area contributed by atoms with Crippen LogP contribution >= 0.6 is 11.6 Å². The van der Waals surface area contributed by atoms with E-state index in [0.29, 0.717) is 28.5 Å². The number of fused-ring (bicyclic) bond motifs is 1. The Kier molecular flexibility index (Phi) is 3.58. The van der Waals surface area contributed by atoms with Gasteiger partial charge in [0.25, 0.3) is 0 Å². The molecular weight excluding hydrogens is 290 g/mol. The highest BCUT2D eigenvalue weighted by Gasteiger charge is 2.10. The summed E-state index contributed by atoms with van der Waals surface area (Å²) in [6, 6.07) is 10.9. The largest absolute Gasteiger partial charge is 0.465 e. The van der Waals surface area contributed by atoms with Crippen molar-refractivity contribution in [2.45, 2.75) is 6.42 Å². The number of ether oxygens (including phenoxy) is 1. The van der Waals surface area contributed by atoms with E-state index in [0.717, 1.165) is 5.56 Å². The maximum absolute atomic E-state index is 11.5. The molecule has 0 aliphatic heterocycles. The van der Waals surface area contributed by atoms with E-state index in [1.807, 2.05) is 24.3 Å². The summed E-state index contributed by atoms with van der Waals surface area (Å²) < 4.78 is 6.32. The van der Waals surface area contributed by atoms with Gasteiger partial charge in [0, 0.05) is 17.6 Å². The van der Waals surface area contributed by atoms with E-state index in [4.69, 9.17) is 11.6 Å². The molecule has 106 valence electrons. The number of carbonyl (C=O) groups is 1. The highest BCUT2D eigenvalue weighted by Crippen LogP contribution is 2.14. The van der Waals surface area contributed by atoms with Gasteiger partial charge in [-0.25, -0.2) is 14.3 Å². The van der Waals surface area contributed by atoms with E-state index in [1.54, 1.807) is 22.8 Å². The first-order valence-corrected chi connectivity index (χ1v) is 6.71. The van der Waals surface area contributed by atoms with Gasteiger partial charge < -0.3 is 4.74 Å². The zero-order valence-corrected chi connectivity index (χ0v) is 12.0. The molecule has 0 atom stereocenters. The van der Waals surface area contributed by atoms with Crippen molar-refractivity contribution in [2.24, 2.45) is 0 Å². The molecule has 0 aliphatic rings. The SMILES string of the molecule is COC(=O)c1ccn2nc(Cc3cccc(Cl)c3)nc2c1. The topological polar surface area (TPSA) is 56.5 Å². The van der Waals surface area contributed by atoms with Crippen molar-refractivity contribution in [3.8, 4) is 0 Å². The molecule has 2 aromatic heterocycles. The lowest BCUT2D eigenvalue weighted by atomic mass is 10.1. The third kappa shape index (κ3) is 2.87. The Morgan fingerprint density at radius 2 is 2.19 bits per heavy atom. The predicted octanol–water partition coefficient (Wildman–Crippen LogP) is 2.76. The molecule has 3 aromatic rings. The molecule has 0 fully saturated rings. The summed E-state index contributed by atoms with van der Waals surface area (Å²) in [5, 5.41) is 5.06. The van der Waals surface area contributed by atoms with Crippen LogP contribution in [-0.4, -0.2) is 27.7 Å². The van der Waals surface area contributed by atoms with E-state index >= 15 is 0 Å². The van der Waals surface area contributed by atoms with Crippen molar-refractivity contribution in [1.82, 2.24) is 14.6 Å². The number of halogens is 1. The van der Waals surface area contributed by atoms with Gasteiger partial charge in [0.15, 0.2) is 11.5 Å². The molecule has 0 unspecified atom stereocenters. The number of methoxy groups -OCH3 is 1. The molecule has 1 aromatic carbocycles. The van der Waals surface area contributed by atoms with E-state index in [1.165, 1.54) is 7.11 Å². The average molecular weight is 302 g/mol. The first-order valence-electron chi connectivity index (χ1n) is 6.34. The lowest BCUT2D eigenvalue weighted by Crippen LogP contribution is -2.02. The van der Waals surface area contributed by atoms with E-state index in [-0.39, 0.29) is 0 Å². The van der Waals surface area contributed by atoms with E-state index in [9.17, 15) is 4.79 Å². The lowest BCUT2D eigenvalue weighted by molar-refractivity contribution is 0.0600. The van der Waals surface area contributed by atoms with Gasteiger partial charge in [-0.15, -0.1) is 0 Å². The van der Waals surface area contributed by atoms with Crippen molar-refractivity contribution in [2.75, 3.05) is 7.11 Å². The van der Waals surface area contributed by atoms with Crippen LogP contribution in [0.25, 0.3) is 5.65 Å². The highest BCUT2D eigenvalue weighted by molar-refractivity contribution is 6.30. The Hall–Kier alpha value is -2.40. The molecule has 0 N–H and O–H groups in total. The molecule has 0 aliphatic carbocycles. The zero-order chi connectivity index (χ0) is 14.8. The maximum Gasteiger partial charge on any atom is 0.338 e. The predicted molar refractivity (Wildman–Crippen MR) is 78.6 cm³/mol. The van der Waals surface area contributed by atoms with Crippen LogP contribution in [0.3, 0.4) is 0 Å². The number of hydrogen-bond donors (Lipinski definition) is 0. The molecule has 2 heterocycles. The summed E-state index contributed by atoms with van der Waals surface area (Å²) in [5.74, 6) is 0.274. The summed E-state index contributed by atoms with van der Waals surface area (Å²) in [4.78, 5) is 15.9. The minimum absolute atomic E-state index is 0.392. The minimum Gasteiger partial charge on any atom is -0.465 e. The molecule has 6 heteroatoms. The van der Waals surface area contributed by atoms with Crippen LogP contribution in [0.4, 0.5) is 0 Å². The second-order valence-corrected chi connectivity index (χ2v) is 4.98. The standard InChI is InChI=1S/C15H12ClN3O2/c1-21-15(20)11-5-6-19-14(9-11)17-13(18-19)8-10-3-2-4-12(16)7-10/h2-7,9H,8H2,1H3. The lowest BCUT2D eigenvalue weighted by Gasteiger charge is -1.97. The van der Waals surface area contributed by atoms with Crippen LogP contribution in [0.5, 0.6) is 0 Å². The summed E-state index contributed by atoms with van der Waals surface area (Å²) in [6.45, 7) is 0. The zero-order valence-electron chi connectivity index (χ0n) is 11.3. The van der Waals surface area contributed by atoms with Crippen LogP contribution in [0, 0.1) is 0 Å². The normalized spacial score (nSPS) is 10.8. The van der Waals surface area contributed by atoms with E-state index < -0.39 is 5.97 Å². The minimum atomic E-state index is -0.392. The fraction of sp³-hybridized carbons (Fsp3) is 0.133. The van der Waals surface area contributed by atoms with Crippen LogP contribution in [0.15, 0.2) is 42.6 Å². The van der Waals surface area contributed by atoms with Crippen molar-refractivity contribution in [3.63, 3.8) is 0 Å². The van der Waals surface area contributed by atoms with Crippen LogP contribution in [0.2, 0.25) is 5.02 Å².